The lowest BCUT2D eigenvalue weighted by atomic mass is 10.1. The van der Waals surface area contributed by atoms with E-state index in [0.717, 1.165) is 36.5 Å². The first-order chi connectivity index (χ1) is 12.5. The van der Waals surface area contributed by atoms with Gasteiger partial charge in [0.05, 0.1) is 37.2 Å². The van der Waals surface area contributed by atoms with Crippen molar-refractivity contribution in [3.05, 3.63) is 45.4 Å². The first-order valence-electron chi connectivity index (χ1n) is 8.65. The van der Waals surface area contributed by atoms with Gasteiger partial charge in [-0.1, -0.05) is 0 Å². The molecule has 0 amide bonds. The number of rotatable bonds is 3. The Morgan fingerprint density at radius 2 is 2.04 bits per heavy atom. The Labute approximate surface area is 160 Å². The number of fused-ring (bicyclic) bond motifs is 4. The fraction of sp³-hybridized carbons (Fsp3) is 0.444. The van der Waals surface area contributed by atoms with Crippen molar-refractivity contribution in [1.82, 2.24) is 14.5 Å². The zero-order valence-electron chi connectivity index (χ0n) is 14.9. The Kier molecular flexibility index (Phi) is 4.73. The number of ether oxygens (including phenoxy) is 1. The van der Waals surface area contributed by atoms with Gasteiger partial charge >= 0.3 is 0 Å². The molecule has 2 atom stereocenters. The Morgan fingerprint density at radius 3 is 2.81 bits per heavy atom. The number of likely N-dealkylation sites (N-methyl/N-ethyl adjacent to an activating group) is 1. The Bertz CT molecular complexity index is 854. The molecule has 5 heterocycles. The van der Waals surface area contributed by atoms with Crippen LogP contribution >= 0.6 is 15.9 Å². The second-order valence-corrected chi connectivity index (χ2v) is 7.87. The lowest BCUT2D eigenvalue weighted by molar-refractivity contribution is 0.121. The average Bonchev–Trinajstić information content (AvgIpc) is 2.93. The first-order valence-corrected chi connectivity index (χ1v) is 9.44. The highest BCUT2D eigenvalue weighted by Crippen LogP contribution is 2.26. The van der Waals surface area contributed by atoms with Gasteiger partial charge in [-0.05, 0) is 41.2 Å². The van der Waals surface area contributed by atoms with Crippen LogP contribution in [0.3, 0.4) is 0 Å². The van der Waals surface area contributed by atoms with Crippen molar-refractivity contribution in [2.24, 2.45) is 7.05 Å². The number of hydrogen-bond donors (Lipinski definition) is 1. The topological polar surface area (TPSA) is 62.6 Å². The monoisotopic (exact) mass is 419 g/mol. The number of hydrogen-bond acceptors (Lipinski definition) is 6. The number of aryl methyl sites for hydroxylation is 1. The Balaban J connectivity index is 1.54. The average molecular weight is 420 g/mol. The molecule has 2 aromatic rings. The summed E-state index contributed by atoms with van der Waals surface area (Å²) in [5, 5.41) is 3.11. The predicted molar refractivity (Wildman–Crippen MR) is 105 cm³/mol. The van der Waals surface area contributed by atoms with Crippen LogP contribution in [0, 0.1) is 0 Å². The van der Waals surface area contributed by atoms with Gasteiger partial charge in [0.15, 0.2) is 0 Å². The molecule has 0 aliphatic carbocycles. The third-order valence-electron chi connectivity index (χ3n) is 5.08. The highest BCUT2D eigenvalue weighted by atomic mass is 79.9. The highest BCUT2D eigenvalue weighted by Gasteiger charge is 2.35. The minimum absolute atomic E-state index is 0.0934. The normalized spacial score (nSPS) is 23.1. The molecule has 0 saturated carbocycles. The summed E-state index contributed by atoms with van der Waals surface area (Å²) in [6.45, 7) is 3.47. The van der Waals surface area contributed by atoms with Crippen LogP contribution in [0.25, 0.3) is 0 Å². The van der Waals surface area contributed by atoms with Gasteiger partial charge < -0.3 is 19.5 Å². The van der Waals surface area contributed by atoms with Crippen molar-refractivity contribution < 1.29 is 4.74 Å². The third-order valence-corrected chi connectivity index (χ3v) is 5.52. The molecule has 26 heavy (non-hydrogen) atoms. The number of halogens is 1. The summed E-state index contributed by atoms with van der Waals surface area (Å²) in [6, 6.07) is 6.49. The molecule has 3 aliphatic heterocycles. The summed E-state index contributed by atoms with van der Waals surface area (Å²) in [4.78, 5) is 21.5. The quantitative estimate of drug-likeness (QED) is 0.818. The first kappa shape index (κ1) is 17.5. The van der Waals surface area contributed by atoms with E-state index >= 15 is 0 Å². The maximum Gasteiger partial charge on any atom is 0.274 e. The van der Waals surface area contributed by atoms with Gasteiger partial charge in [0.1, 0.15) is 11.5 Å². The van der Waals surface area contributed by atoms with Gasteiger partial charge in [-0.2, -0.15) is 0 Å². The molecule has 0 spiro atoms. The summed E-state index contributed by atoms with van der Waals surface area (Å²) in [7, 11) is 3.88. The SMILES string of the molecule is CN1CC2COCC1CN2c1ccc(Nc2cc(Br)cn(C)c2=O)nc1. The highest BCUT2D eigenvalue weighted by molar-refractivity contribution is 9.10. The van der Waals surface area contributed by atoms with Crippen molar-refractivity contribution in [2.45, 2.75) is 12.1 Å². The molecule has 7 nitrogen and oxygen atoms in total. The minimum Gasteiger partial charge on any atom is -0.378 e. The minimum atomic E-state index is -0.0934. The van der Waals surface area contributed by atoms with E-state index in [-0.39, 0.29) is 5.56 Å². The number of piperazine rings is 1. The summed E-state index contributed by atoms with van der Waals surface area (Å²) in [6.07, 6.45) is 3.60. The predicted octanol–water partition coefficient (Wildman–Crippen LogP) is 1.81. The van der Waals surface area contributed by atoms with Crippen molar-refractivity contribution >= 4 is 33.1 Å². The van der Waals surface area contributed by atoms with Gasteiger partial charge in [-0.3, -0.25) is 9.69 Å². The van der Waals surface area contributed by atoms with Crippen LogP contribution in [0.15, 0.2) is 39.9 Å². The summed E-state index contributed by atoms with van der Waals surface area (Å²) >= 11 is 3.41. The van der Waals surface area contributed by atoms with E-state index in [9.17, 15) is 4.79 Å². The molecule has 2 aromatic heterocycles. The molecule has 5 rings (SSSR count). The van der Waals surface area contributed by atoms with E-state index in [0.29, 0.717) is 23.6 Å². The van der Waals surface area contributed by atoms with Gasteiger partial charge in [0, 0.05) is 30.8 Å². The smallest absolute Gasteiger partial charge is 0.274 e. The molecular formula is C18H22BrN5O2. The second-order valence-electron chi connectivity index (χ2n) is 6.95. The van der Waals surface area contributed by atoms with E-state index in [1.165, 1.54) is 4.57 Å². The third kappa shape index (κ3) is 3.36. The molecular weight excluding hydrogens is 398 g/mol. The number of nitrogens with one attached hydrogen (secondary N) is 1. The molecule has 1 N–H and O–H groups in total. The molecule has 0 aromatic carbocycles. The zero-order chi connectivity index (χ0) is 18.3. The molecule has 3 saturated heterocycles. The van der Waals surface area contributed by atoms with Crippen LogP contribution in [0.2, 0.25) is 0 Å². The number of anilines is 3. The van der Waals surface area contributed by atoms with E-state index < -0.39 is 0 Å². The van der Waals surface area contributed by atoms with Gasteiger partial charge in [0.2, 0.25) is 0 Å². The van der Waals surface area contributed by atoms with E-state index in [4.69, 9.17) is 4.74 Å². The number of nitrogens with zero attached hydrogens (tertiary/aromatic N) is 4. The molecule has 2 bridgehead atoms. The maximum atomic E-state index is 12.2. The lowest BCUT2D eigenvalue weighted by Gasteiger charge is -2.42. The van der Waals surface area contributed by atoms with Crippen LogP contribution in [0.4, 0.5) is 17.2 Å². The van der Waals surface area contributed by atoms with E-state index in [2.05, 4.69) is 49.1 Å². The van der Waals surface area contributed by atoms with E-state index in [1.54, 1.807) is 19.3 Å². The van der Waals surface area contributed by atoms with Crippen molar-refractivity contribution in [1.29, 1.82) is 0 Å². The lowest BCUT2D eigenvalue weighted by Crippen LogP contribution is -2.56. The van der Waals surface area contributed by atoms with Crippen molar-refractivity contribution in [3.63, 3.8) is 0 Å². The van der Waals surface area contributed by atoms with Crippen molar-refractivity contribution in [3.8, 4) is 0 Å². The van der Waals surface area contributed by atoms with Crippen LogP contribution < -0.4 is 15.8 Å². The maximum absolute atomic E-state index is 12.2. The van der Waals surface area contributed by atoms with E-state index in [1.807, 2.05) is 12.3 Å². The zero-order valence-corrected chi connectivity index (χ0v) is 16.4. The summed E-state index contributed by atoms with van der Waals surface area (Å²) in [5.41, 5.74) is 1.49. The largest absolute Gasteiger partial charge is 0.378 e. The molecule has 8 heteroatoms. The molecule has 3 aliphatic rings. The second kappa shape index (κ2) is 7.02. The van der Waals surface area contributed by atoms with Gasteiger partial charge in [0.25, 0.3) is 5.56 Å². The molecule has 0 radical (unpaired) electrons. The number of pyridine rings is 2. The summed E-state index contributed by atoms with van der Waals surface area (Å²) < 4.78 is 8.15. The van der Waals surface area contributed by atoms with Crippen LogP contribution in [-0.4, -0.2) is 59.9 Å². The fourth-order valence-corrected chi connectivity index (χ4v) is 4.14. The fourth-order valence-electron chi connectivity index (χ4n) is 3.60. The van der Waals surface area contributed by atoms with Crippen LogP contribution in [0.5, 0.6) is 0 Å². The van der Waals surface area contributed by atoms with Crippen LogP contribution in [-0.2, 0) is 11.8 Å². The van der Waals surface area contributed by atoms with Gasteiger partial charge in [-0.15, -0.1) is 0 Å². The van der Waals surface area contributed by atoms with Gasteiger partial charge in [-0.25, -0.2) is 4.98 Å². The molecule has 138 valence electrons. The molecule has 2 unspecified atom stereocenters. The molecule has 3 fully saturated rings. The Morgan fingerprint density at radius 1 is 1.23 bits per heavy atom. The summed E-state index contributed by atoms with van der Waals surface area (Å²) in [5.74, 6) is 0.650. The Hall–Kier alpha value is -1.90. The standard InChI is InChI=1S/C18H22BrN5O2/c1-22-8-15-11-26-10-14(22)9-24(15)13-3-4-17(20-6-13)21-16-5-12(19)7-23(2)18(16)25/h3-7,14-15H,8-11H2,1-2H3,(H,20,21). The van der Waals surface area contributed by atoms with Crippen LogP contribution in [0.1, 0.15) is 0 Å². The number of aromatic nitrogens is 2. The van der Waals surface area contributed by atoms with Crippen molar-refractivity contribution in [2.75, 3.05) is 43.6 Å².